The lowest BCUT2D eigenvalue weighted by molar-refractivity contribution is 0.0599. The molecule has 0 bridgehead atoms. The zero-order valence-electron chi connectivity index (χ0n) is 12.2. The number of ether oxygens (including phenoxy) is 1. The molecule has 1 heterocycles. The predicted molar refractivity (Wildman–Crippen MR) is 77.1 cm³/mol. The van der Waals surface area contributed by atoms with Crippen molar-refractivity contribution in [3.63, 3.8) is 0 Å². The second kappa shape index (κ2) is 6.37. The summed E-state index contributed by atoms with van der Waals surface area (Å²) < 4.78 is 10.1. The van der Waals surface area contributed by atoms with Gasteiger partial charge in [0.1, 0.15) is 0 Å². The van der Waals surface area contributed by atoms with E-state index in [0.717, 1.165) is 25.1 Å². The summed E-state index contributed by atoms with van der Waals surface area (Å²) in [7, 11) is 1.56. The van der Waals surface area contributed by atoms with Crippen molar-refractivity contribution in [2.45, 2.75) is 37.7 Å². The SMILES string of the molecule is COCC(O)Cc1nc(C2CCc3ccccc3C2)no1. The van der Waals surface area contributed by atoms with Gasteiger partial charge in [0.15, 0.2) is 5.82 Å². The van der Waals surface area contributed by atoms with Crippen LogP contribution in [0.3, 0.4) is 0 Å². The van der Waals surface area contributed by atoms with E-state index in [1.165, 1.54) is 11.1 Å². The number of methoxy groups -OCH3 is 1. The average molecular weight is 288 g/mol. The summed E-state index contributed by atoms with van der Waals surface area (Å²) in [6, 6.07) is 8.52. The highest BCUT2D eigenvalue weighted by atomic mass is 16.5. The van der Waals surface area contributed by atoms with Crippen LogP contribution in [0, 0.1) is 0 Å². The number of aryl methyl sites for hydroxylation is 1. The Hall–Kier alpha value is -1.72. The fourth-order valence-electron chi connectivity index (χ4n) is 2.89. The lowest BCUT2D eigenvalue weighted by atomic mass is 9.83. The van der Waals surface area contributed by atoms with Gasteiger partial charge in [0.25, 0.3) is 0 Å². The zero-order chi connectivity index (χ0) is 14.7. The Morgan fingerprint density at radius 3 is 3.00 bits per heavy atom. The van der Waals surface area contributed by atoms with Gasteiger partial charge in [-0.2, -0.15) is 4.98 Å². The van der Waals surface area contributed by atoms with Crippen LogP contribution in [0.1, 0.15) is 35.2 Å². The van der Waals surface area contributed by atoms with Crippen molar-refractivity contribution < 1.29 is 14.4 Å². The molecule has 2 aromatic rings. The minimum absolute atomic E-state index is 0.272. The van der Waals surface area contributed by atoms with Crippen molar-refractivity contribution in [3.05, 3.63) is 47.1 Å². The van der Waals surface area contributed by atoms with E-state index in [0.29, 0.717) is 18.2 Å². The van der Waals surface area contributed by atoms with Crippen LogP contribution in [0.4, 0.5) is 0 Å². The number of fused-ring (bicyclic) bond motifs is 1. The van der Waals surface area contributed by atoms with E-state index in [4.69, 9.17) is 9.26 Å². The topological polar surface area (TPSA) is 68.4 Å². The summed E-state index contributed by atoms with van der Waals surface area (Å²) in [5.74, 6) is 1.54. The second-order valence-corrected chi connectivity index (χ2v) is 5.57. The molecule has 0 fully saturated rings. The maximum Gasteiger partial charge on any atom is 0.229 e. The van der Waals surface area contributed by atoms with Gasteiger partial charge in [0, 0.05) is 13.0 Å². The highest BCUT2D eigenvalue weighted by Gasteiger charge is 2.24. The lowest BCUT2D eigenvalue weighted by Crippen LogP contribution is -2.17. The van der Waals surface area contributed by atoms with Crippen molar-refractivity contribution in [1.29, 1.82) is 0 Å². The summed E-state index contributed by atoms with van der Waals surface area (Å²) in [5.41, 5.74) is 2.80. The number of aliphatic hydroxyl groups is 1. The van der Waals surface area contributed by atoms with Crippen LogP contribution in [-0.4, -0.2) is 35.1 Å². The highest BCUT2D eigenvalue weighted by molar-refractivity contribution is 5.31. The van der Waals surface area contributed by atoms with E-state index < -0.39 is 6.10 Å². The van der Waals surface area contributed by atoms with Gasteiger partial charge in [-0.25, -0.2) is 0 Å². The first-order chi connectivity index (χ1) is 10.3. The highest BCUT2D eigenvalue weighted by Crippen LogP contribution is 2.31. The Bertz CT molecular complexity index is 597. The van der Waals surface area contributed by atoms with E-state index >= 15 is 0 Å². The first-order valence-corrected chi connectivity index (χ1v) is 7.32. The molecule has 1 N–H and O–H groups in total. The van der Waals surface area contributed by atoms with Gasteiger partial charge in [-0.1, -0.05) is 29.4 Å². The summed E-state index contributed by atoms with van der Waals surface area (Å²) in [4.78, 5) is 4.44. The third-order valence-corrected chi connectivity index (χ3v) is 3.97. The van der Waals surface area contributed by atoms with Crippen LogP contribution >= 0.6 is 0 Å². The van der Waals surface area contributed by atoms with Gasteiger partial charge >= 0.3 is 0 Å². The monoisotopic (exact) mass is 288 g/mol. The van der Waals surface area contributed by atoms with E-state index in [-0.39, 0.29) is 6.61 Å². The smallest absolute Gasteiger partial charge is 0.229 e. The number of benzene rings is 1. The first kappa shape index (κ1) is 14.2. The number of hydrogen-bond donors (Lipinski definition) is 1. The summed E-state index contributed by atoms with van der Waals surface area (Å²) in [6.07, 6.45) is 2.78. The van der Waals surface area contributed by atoms with E-state index in [9.17, 15) is 5.11 Å². The van der Waals surface area contributed by atoms with Crippen LogP contribution in [0.25, 0.3) is 0 Å². The number of rotatable bonds is 5. The van der Waals surface area contributed by atoms with Crippen LogP contribution in [0.2, 0.25) is 0 Å². The molecule has 1 aromatic carbocycles. The summed E-state index contributed by atoms with van der Waals surface area (Å²) in [6.45, 7) is 0.272. The molecule has 2 unspecified atom stereocenters. The number of hydrogen-bond acceptors (Lipinski definition) is 5. The first-order valence-electron chi connectivity index (χ1n) is 7.32. The van der Waals surface area contributed by atoms with Crippen LogP contribution in [0.15, 0.2) is 28.8 Å². The van der Waals surface area contributed by atoms with Crippen molar-refractivity contribution in [2.75, 3.05) is 13.7 Å². The van der Waals surface area contributed by atoms with Crippen molar-refractivity contribution in [2.24, 2.45) is 0 Å². The minimum atomic E-state index is -0.601. The van der Waals surface area contributed by atoms with Crippen LogP contribution in [-0.2, 0) is 24.0 Å². The van der Waals surface area contributed by atoms with Crippen LogP contribution in [0.5, 0.6) is 0 Å². The van der Waals surface area contributed by atoms with Crippen LogP contribution < -0.4 is 0 Å². The molecule has 3 rings (SSSR count). The number of nitrogens with zero attached hydrogens (tertiary/aromatic N) is 2. The molecule has 0 aliphatic heterocycles. The van der Waals surface area contributed by atoms with E-state index in [1.54, 1.807) is 7.11 Å². The van der Waals surface area contributed by atoms with Gasteiger partial charge in [-0.3, -0.25) is 0 Å². The van der Waals surface area contributed by atoms with E-state index in [2.05, 4.69) is 34.4 Å². The molecule has 5 nitrogen and oxygen atoms in total. The molecule has 1 aliphatic rings. The molecule has 0 saturated heterocycles. The predicted octanol–water partition coefficient (Wildman–Crippen LogP) is 1.89. The molecule has 0 saturated carbocycles. The Morgan fingerprint density at radius 2 is 2.19 bits per heavy atom. The van der Waals surface area contributed by atoms with Crippen molar-refractivity contribution in [1.82, 2.24) is 10.1 Å². The third-order valence-electron chi connectivity index (χ3n) is 3.97. The fraction of sp³-hybridized carbons (Fsp3) is 0.500. The van der Waals surface area contributed by atoms with Crippen molar-refractivity contribution >= 4 is 0 Å². The maximum absolute atomic E-state index is 9.70. The summed E-state index contributed by atoms with van der Waals surface area (Å²) in [5, 5.41) is 13.8. The summed E-state index contributed by atoms with van der Waals surface area (Å²) >= 11 is 0. The Kier molecular flexibility index (Phi) is 4.31. The molecular weight excluding hydrogens is 268 g/mol. The molecule has 0 spiro atoms. The molecule has 1 aliphatic carbocycles. The Labute approximate surface area is 123 Å². The standard InChI is InChI=1S/C16H20N2O3/c1-20-10-14(19)9-15-17-16(18-21-15)13-7-6-11-4-2-3-5-12(11)8-13/h2-5,13-14,19H,6-10H2,1H3. The zero-order valence-corrected chi connectivity index (χ0v) is 12.2. The van der Waals surface area contributed by atoms with Gasteiger partial charge in [0.05, 0.1) is 19.1 Å². The molecular formula is C16H20N2O3. The van der Waals surface area contributed by atoms with Gasteiger partial charge in [0.2, 0.25) is 5.89 Å². The molecule has 0 amide bonds. The van der Waals surface area contributed by atoms with Crippen molar-refractivity contribution in [3.8, 4) is 0 Å². The Morgan fingerprint density at radius 1 is 1.38 bits per heavy atom. The second-order valence-electron chi connectivity index (χ2n) is 5.57. The minimum Gasteiger partial charge on any atom is -0.390 e. The average Bonchev–Trinajstić information content (AvgIpc) is 2.95. The lowest BCUT2D eigenvalue weighted by Gasteiger charge is -2.21. The quantitative estimate of drug-likeness (QED) is 0.910. The van der Waals surface area contributed by atoms with Gasteiger partial charge in [-0.05, 0) is 30.4 Å². The molecule has 5 heteroatoms. The molecule has 21 heavy (non-hydrogen) atoms. The number of aromatic nitrogens is 2. The van der Waals surface area contributed by atoms with Gasteiger partial charge < -0.3 is 14.4 Å². The van der Waals surface area contributed by atoms with E-state index in [1.807, 2.05) is 0 Å². The molecule has 1 aromatic heterocycles. The molecule has 112 valence electrons. The Balaban J connectivity index is 1.67. The normalized spacial score (nSPS) is 19.2. The van der Waals surface area contributed by atoms with Gasteiger partial charge in [-0.15, -0.1) is 0 Å². The largest absolute Gasteiger partial charge is 0.390 e. The molecule has 2 atom stereocenters. The fourth-order valence-corrected chi connectivity index (χ4v) is 2.89. The molecule has 0 radical (unpaired) electrons. The maximum atomic E-state index is 9.70. The third kappa shape index (κ3) is 3.31. The number of aliphatic hydroxyl groups excluding tert-OH is 1.